The van der Waals surface area contributed by atoms with Crippen molar-refractivity contribution in [3.05, 3.63) is 113 Å². The number of anilines is 1. The average molecular weight is 425 g/mol. The third kappa shape index (κ3) is 6.79. The molecule has 3 aromatic rings. The molecule has 1 aliphatic rings. The topological polar surface area (TPSA) is 32.3 Å². The lowest BCUT2D eigenvalue weighted by molar-refractivity contribution is -0.112. The molecule has 0 amide bonds. The Labute approximate surface area is 192 Å². The van der Waals surface area contributed by atoms with Gasteiger partial charge in [0.2, 0.25) is 0 Å². The molecule has 1 aliphatic heterocycles. The Kier molecular flexibility index (Phi) is 9.03. The van der Waals surface area contributed by atoms with Gasteiger partial charge in [-0.1, -0.05) is 92.7 Å². The number of rotatable bonds is 5. The van der Waals surface area contributed by atoms with Crippen molar-refractivity contribution in [2.75, 3.05) is 31.1 Å². The maximum atomic E-state index is 13.1. The number of carbonyl (C=O) groups is 1. The van der Waals surface area contributed by atoms with Gasteiger partial charge in [-0.3, -0.25) is 4.79 Å². The fourth-order valence-corrected chi connectivity index (χ4v) is 3.61. The van der Waals surface area contributed by atoms with Gasteiger partial charge in [0.1, 0.15) is 0 Å². The molecule has 0 radical (unpaired) electrons. The summed E-state index contributed by atoms with van der Waals surface area (Å²) in [4.78, 5) is 15.4. The molecule has 0 unspecified atom stereocenters. The lowest BCUT2D eigenvalue weighted by atomic mass is 9.94. The van der Waals surface area contributed by atoms with E-state index in [9.17, 15) is 4.79 Å². The summed E-state index contributed by atoms with van der Waals surface area (Å²) in [5.74, 6) is 0.134. The maximum absolute atomic E-state index is 13.1. The van der Waals surface area contributed by atoms with Gasteiger partial charge < -0.3 is 10.2 Å². The first-order valence-electron chi connectivity index (χ1n) is 11.3. The van der Waals surface area contributed by atoms with E-state index in [1.807, 2.05) is 91.0 Å². The molecule has 3 heteroatoms. The summed E-state index contributed by atoms with van der Waals surface area (Å²) < 4.78 is 0. The summed E-state index contributed by atoms with van der Waals surface area (Å²) in [7, 11) is 0. The average Bonchev–Trinajstić information content (AvgIpc) is 2.84. The molecule has 3 aromatic carbocycles. The van der Waals surface area contributed by atoms with Crippen LogP contribution in [0.15, 0.2) is 102 Å². The first kappa shape index (κ1) is 23.2. The third-order valence-electron chi connectivity index (χ3n) is 5.21. The zero-order chi connectivity index (χ0) is 22.6. The SMILES string of the molecule is CCNCC.O=C1C(=Cc2ccccc2)CN(c2ccccc2)CC1=Cc1ccccc1. The fourth-order valence-electron chi connectivity index (χ4n) is 3.61. The van der Waals surface area contributed by atoms with Gasteiger partial charge in [0, 0.05) is 29.9 Å². The van der Waals surface area contributed by atoms with Gasteiger partial charge in [0.25, 0.3) is 0 Å². The molecule has 0 atom stereocenters. The van der Waals surface area contributed by atoms with Gasteiger partial charge >= 0.3 is 0 Å². The Morgan fingerprint density at radius 3 is 1.47 bits per heavy atom. The largest absolute Gasteiger partial charge is 0.363 e. The Bertz CT molecular complexity index is 961. The highest BCUT2D eigenvalue weighted by molar-refractivity contribution is 6.15. The van der Waals surface area contributed by atoms with Crippen LogP contribution >= 0.6 is 0 Å². The van der Waals surface area contributed by atoms with E-state index >= 15 is 0 Å². The molecule has 1 heterocycles. The lowest BCUT2D eigenvalue weighted by Crippen LogP contribution is -2.37. The van der Waals surface area contributed by atoms with Crippen molar-refractivity contribution < 1.29 is 4.79 Å². The van der Waals surface area contributed by atoms with Gasteiger partial charge in [-0.15, -0.1) is 0 Å². The monoisotopic (exact) mass is 424 g/mol. The van der Waals surface area contributed by atoms with Gasteiger partial charge in [0.15, 0.2) is 5.78 Å². The van der Waals surface area contributed by atoms with Crippen molar-refractivity contribution in [1.29, 1.82) is 0 Å². The minimum Gasteiger partial charge on any atom is -0.363 e. The predicted molar refractivity (Wildman–Crippen MR) is 137 cm³/mol. The van der Waals surface area contributed by atoms with Gasteiger partial charge in [-0.2, -0.15) is 0 Å². The van der Waals surface area contributed by atoms with E-state index in [1.54, 1.807) is 0 Å². The summed E-state index contributed by atoms with van der Waals surface area (Å²) in [5, 5.41) is 3.11. The van der Waals surface area contributed by atoms with Crippen molar-refractivity contribution in [1.82, 2.24) is 5.32 Å². The Balaban J connectivity index is 0.000000523. The summed E-state index contributed by atoms with van der Waals surface area (Å²) in [5.41, 5.74) is 4.87. The van der Waals surface area contributed by atoms with E-state index in [1.165, 1.54) is 0 Å². The normalized spacial score (nSPS) is 16.1. The summed E-state index contributed by atoms with van der Waals surface area (Å²) in [6.45, 7) is 7.62. The second kappa shape index (κ2) is 12.4. The molecule has 164 valence electrons. The number of benzene rings is 3. The van der Waals surface area contributed by atoms with Crippen LogP contribution in [0.4, 0.5) is 5.69 Å². The first-order chi connectivity index (χ1) is 15.7. The molecule has 1 N–H and O–H groups in total. The molecule has 1 saturated heterocycles. The number of nitrogens with zero attached hydrogens (tertiary/aromatic N) is 1. The van der Waals surface area contributed by atoms with Crippen molar-refractivity contribution in [3.8, 4) is 0 Å². The van der Waals surface area contributed by atoms with Gasteiger partial charge in [0.05, 0.1) is 0 Å². The number of Topliss-reactive ketones (excluding diaryl/α,β-unsaturated/α-hetero) is 1. The second-order valence-electron chi connectivity index (χ2n) is 7.64. The van der Waals surface area contributed by atoms with E-state index in [4.69, 9.17) is 0 Å². The predicted octanol–water partition coefficient (Wildman–Crippen LogP) is 5.86. The van der Waals surface area contributed by atoms with Crippen LogP contribution in [0.1, 0.15) is 25.0 Å². The minimum absolute atomic E-state index is 0.134. The summed E-state index contributed by atoms with van der Waals surface area (Å²) in [6.07, 6.45) is 4.02. The molecule has 0 aliphatic carbocycles. The molecule has 3 nitrogen and oxygen atoms in total. The van der Waals surface area contributed by atoms with Crippen LogP contribution in [0, 0.1) is 0 Å². The van der Waals surface area contributed by atoms with E-state index in [-0.39, 0.29) is 5.78 Å². The van der Waals surface area contributed by atoms with Crippen LogP contribution in [0.5, 0.6) is 0 Å². The van der Waals surface area contributed by atoms with E-state index in [0.29, 0.717) is 13.1 Å². The third-order valence-corrected chi connectivity index (χ3v) is 5.21. The van der Waals surface area contributed by atoms with Crippen LogP contribution < -0.4 is 10.2 Å². The Hall–Kier alpha value is -3.43. The van der Waals surface area contributed by atoms with Crippen LogP contribution in [0.25, 0.3) is 12.2 Å². The number of para-hydroxylation sites is 1. The van der Waals surface area contributed by atoms with E-state index in [2.05, 4.69) is 36.2 Å². The number of ketones is 1. The van der Waals surface area contributed by atoms with Crippen LogP contribution in [-0.4, -0.2) is 32.0 Å². The first-order valence-corrected chi connectivity index (χ1v) is 11.3. The van der Waals surface area contributed by atoms with Crippen molar-refractivity contribution in [2.45, 2.75) is 13.8 Å². The van der Waals surface area contributed by atoms with Gasteiger partial charge in [-0.05, 0) is 48.5 Å². The Morgan fingerprint density at radius 1 is 0.688 bits per heavy atom. The van der Waals surface area contributed by atoms with Crippen LogP contribution in [0.2, 0.25) is 0 Å². The van der Waals surface area contributed by atoms with Crippen LogP contribution in [0.3, 0.4) is 0 Å². The molecular weight excluding hydrogens is 392 g/mol. The smallest absolute Gasteiger partial charge is 0.188 e. The molecule has 4 rings (SSSR count). The van der Waals surface area contributed by atoms with Crippen molar-refractivity contribution >= 4 is 23.6 Å². The number of hydrogen-bond donors (Lipinski definition) is 1. The highest BCUT2D eigenvalue weighted by Gasteiger charge is 2.26. The fraction of sp³-hybridized carbons (Fsp3) is 0.207. The Morgan fingerprint density at radius 2 is 1.09 bits per heavy atom. The molecule has 1 fully saturated rings. The van der Waals surface area contributed by atoms with Crippen molar-refractivity contribution in [2.24, 2.45) is 0 Å². The number of hydrogen-bond acceptors (Lipinski definition) is 3. The van der Waals surface area contributed by atoms with Crippen LogP contribution in [-0.2, 0) is 4.79 Å². The lowest BCUT2D eigenvalue weighted by Gasteiger charge is -2.31. The number of carbonyl (C=O) groups excluding carboxylic acids is 1. The maximum Gasteiger partial charge on any atom is 0.188 e. The quantitative estimate of drug-likeness (QED) is 0.521. The standard InChI is InChI=1S/C25H21NO.C4H11N/c27-25-22(16-20-10-4-1-5-11-20)18-26(24-14-8-3-9-15-24)19-23(25)17-21-12-6-2-7-13-21;1-3-5-4-2/h1-17H,18-19H2;5H,3-4H2,1-2H3. The van der Waals surface area contributed by atoms with Gasteiger partial charge in [-0.25, -0.2) is 0 Å². The molecular formula is C29H32N2O. The number of piperidine rings is 1. The molecule has 0 saturated carbocycles. The van der Waals surface area contributed by atoms with E-state index < -0.39 is 0 Å². The highest BCUT2D eigenvalue weighted by Crippen LogP contribution is 2.26. The zero-order valence-corrected chi connectivity index (χ0v) is 19.0. The molecule has 0 aromatic heterocycles. The summed E-state index contributed by atoms with van der Waals surface area (Å²) in [6, 6.07) is 30.3. The highest BCUT2D eigenvalue weighted by atomic mass is 16.1. The second-order valence-corrected chi connectivity index (χ2v) is 7.64. The number of nitrogens with one attached hydrogen (secondary N) is 1. The minimum atomic E-state index is 0.134. The molecule has 32 heavy (non-hydrogen) atoms. The van der Waals surface area contributed by atoms with E-state index in [0.717, 1.165) is 41.1 Å². The molecule has 0 spiro atoms. The molecule has 0 bridgehead atoms. The summed E-state index contributed by atoms with van der Waals surface area (Å²) >= 11 is 0. The zero-order valence-electron chi connectivity index (χ0n) is 19.0. The van der Waals surface area contributed by atoms with Crippen molar-refractivity contribution in [3.63, 3.8) is 0 Å².